The molecular formula is C22H26N2O6. The van der Waals surface area contributed by atoms with Crippen molar-refractivity contribution in [1.29, 1.82) is 0 Å². The lowest BCUT2D eigenvalue weighted by atomic mass is 10.2. The molecule has 2 rings (SSSR count). The molecule has 1 N–H and O–H groups in total. The van der Waals surface area contributed by atoms with Gasteiger partial charge in [-0.1, -0.05) is 60.7 Å². The van der Waals surface area contributed by atoms with Crippen LogP contribution in [0.4, 0.5) is 9.59 Å². The molecule has 0 fully saturated rings. The van der Waals surface area contributed by atoms with Gasteiger partial charge in [0.15, 0.2) is 0 Å². The molecule has 0 aliphatic rings. The molecule has 2 amide bonds. The standard InChI is InChI=1S/C22H26N2O6/c1-23(21(27)29-16-18-8-4-2-5-9-18)14-15-24(13-12-20(25)26)22(28)30-17-19-10-6-3-7-11-19/h2-11H,12-17H2,1H3,(H,25,26). The zero-order chi connectivity index (χ0) is 21.8. The van der Waals surface area contributed by atoms with Crippen LogP contribution in [-0.2, 0) is 27.5 Å². The van der Waals surface area contributed by atoms with Crippen molar-refractivity contribution in [2.75, 3.05) is 26.7 Å². The van der Waals surface area contributed by atoms with Crippen molar-refractivity contribution in [3.05, 3.63) is 71.8 Å². The number of nitrogens with zero attached hydrogens (tertiary/aromatic N) is 2. The Bertz CT molecular complexity index is 813. The predicted molar refractivity (Wildman–Crippen MR) is 110 cm³/mol. The summed E-state index contributed by atoms with van der Waals surface area (Å²) in [6, 6.07) is 18.5. The lowest BCUT2D eigenvalue weighted by Gasteiger charge is -2.24. The number of rotatable bonds is 10. The van der Waals surface area contributed by atoms with Crippen LogP contribution in [0.3, 0.4) is 0 Å². The highest BCUT2D eigenvalue weighted by Gasteiger charge is 2.19. The van der Waals surface area contributed by atoms with Gasteiger partial charge in [0.05, 0.1) is 6.42 Å². The summed E-state index contributed by atoms with van der Waals surface area (Å²) in [5.41, 5.74) is 1.69. The Balaban J connectivity index is 1.83. The van der Waals surface area contributed by atoms with Crippen LogP contribution in [0, 0.1) is 0 Å². The highest BCUT2D eigenvalue weighted by Crippen LogP contribution is 2.06. The van der Waals surface area contributed by atoms with Crippen LogP contribution < -0.4 is 0 Å². The zero-order valence-electron chi connectivity index (χ0n) is 16.9. The van der Waals surface area contributed by atoms with Crippen molar-refractivity contribution in [3.8, 4) is 0 Å². The van der Waals surface area contributed by atoms with Crippen LogP contribution in [-0.4, -0.2) is 59.7 Å². The van der Waals surface area contributed by atoms with Gasteiger partial charge in [0, 0.05) is 26.7 Å². The Morgan fingerprint density at radius 2 is 1.27 bits per heavy atom. The second kappa shape index (κ2) is 12.1. The van der Waals surface area contributed by atoms with Crippen molar-refractivity contribution < 1.29 is 29.0 Å². The number of aliphatic carboxylic acids is 1. The Hall–Kier alpha value is -3.55. The normalized spacial score (nSPS) is 10.2. The quantitative estimate of drug-likeness (QED) is 0.640. The maximum absolute atomic E-state index is 12.4. The Morgan fingerprint density at radius 3 is 1.77 bits per heavy atom. The molecule has 0 aliphatic carbocycles. The van der Waals surface area contributed by atoms with E-state index < -0.39 is 18.2 Å². The van der Waals surface area contributed by atoms with Gasteiger partial charge in [-0.25, -0.2) is 9.59 Å². The van der Waals surface area contributed by atoms with Crippen LogP contribution in [0.15, 0.2) is 60.7 Å². The molecule has 0 aliphatic heterocycles. The molecule has 0 aromatic heterocycles. The number of benzene rings is 2. The fraction of sp³-hybridized carbons (Fsp3) is 0.318. The summed E-state index contributed by atoms with van der Waals surface area (Å²) in [5.74, 6) is -1.02. The van der Waals surface area contributed by atoms with Gasteiger partial charge in [-0.15, -0.1) is 0 Å². The van der Waals surface area contributed by atoms with Crippen LogP contribution in [0.1, 0.15) is 17.5 Å². The van der Waals surface area contributed by atoms with Gasteiger partial charge in [-0.3, -0.25) is 4.79 Å². The number of likely N-dealkylation sites (N-methyl/N-ethyl adjacent to an activating group) is 1. The maximum atomic E-state index is 12.4. The summed E-state index contributed by atoms with van der Waals surface area (Å²) in [4.78, 5) is 38.1. The van der Waals surface area contributed by atoms with E-state index in [1.54, 1.807) is 7.05 Å². The van der Waals surface area contributed by atoms with Gasteiger partial charge in [0.2, 0.25) is 0 Å². The first kappa shape index (κ1) is 22.7. The first-order valence-electron chi connectivity index (χ1n) is 9.55. The number of carbonyl (C=O) groups is 3. The van der Waals surface area contributed by atoms with E-state index >= 15 is 0 Å². The summed E-state index contributed by atoms with van der Waals surface area (Å²) in [7, 11) is 1.55. The van der Waals surface area contributed by atoms with Crippen molar-refractivity contribution in [2.24, 2.45) is 0 Å². The molecule has 2 aromatic rings. The zero-order valence-corrected chi connectivity index (χ0v) is 16.9. The van der Waals surface area contributed by atoms with Gasteiger partial charge in [-0.05, 0) is 11.1 Å². The average molecular weight is 414 g/mol. The van der Waals surface area contributed by atoms with Crippen molar-refractivity contribution in [3.63, 3.8) is 0 Å². The van der Waals surface area contributed by atoms with E-state index in [1.807, 2.05) is 60.7 Å². The van der Waals surface area contributed by atoms with Crippen molar-refractivity contribution in [1.82, 2.24) is 9.80 Å². The van der Waals surface area contributed by atoms with Gasteiger partial charge in [-0.2, -0.15) is 0 Å². The first-order chi connectivity index (χ1) is 14.5. The second-order valence-corrected chi connectivity index (χ2v) is 6.63. The molecule has 0 unspecified atom stereocenters. The first-order valence-corrected chi connectivity index (χ1v) is 9.55. The molecule has 160 valence electrons. The largest absolute Gasteiger partial charge is 0.481 e. The number of hydrogen-bond acceptors (Lipinski definition) is 5. The Labute approximate surface area is 175 Å². The van der Waals surface area contributed by atoms with E-state index in [0.717, 1.165) is 11.1 Å². The molecule has 0 atom stereocenters. The molecule has 2 aromatic carbocycles. The van der Waals surface area contributed by atoms with E-state index in [2.05, 4.69) is 0 Å². The molecule has 0 spiro atoms. The molecule has 0 heterocycles. The monoisotopic (exact) mass is 414 g/mol. The lowest BCUT2D eigenvalue weighted by Crippen LogP contribution is -2.40. The van der Waals surface area contributed by atoms with Gasteiger partial charge in [0.25, 0.3) is 0 Å². The minimum absolute atomic E-state index is 0.0180. The molecule has 0 saturated heterocycles. The number of carboxylic acid groups (broad SMARTS) is 1. The van der Waals surface area contributed by atoms with E-state index in [-0.39, 0.29) is 39.3 Å². The van der Waals surface area contributed by atoms with Crippen LogP contribution in [0.25, 0.3) is 0 Å². The second-order valence-electron chi connectivity index (χ2n) is 6.63. The summed E-state index contributed by atoms with van der Waals surface area (Å²) in [6.07, 6.45) is -1.39. The third-order valence-electron chi connectivity index (χ3n) is 4.28. The highest BCUT2D eigenvalue weighted by molar-refractivity contribution is 5.71. The van der Waals surface area contributed by atoms with E-state index in [0.29, 0.717) is 0 Å². The average Bonchev–Trinajstić information content (AvgIpc) is 2.76. The fourth-order valence-corrected chi connectivity index (χ4v) is 2.53. The maximum Gasteiger partial charge on any atom is 0.410 e. The molecular weight excluding hydrogens is 388 g/mol. The van der Waals surface area contributed by atoms with Crippen LogP contribution in [0.5, 0.6) is 0 Å². The van der Waals surface area contributed by atoms with Gasteiger partial charge < -0.3 is 24.4 Å². The number of carboxylic acids is 1. The third-order valence-corrected chi connectivity index (χ3v) is 4.28. The van der Waals surface area contributed by atoms with Crippen molar-refractivity contribution >= 4 is 18.2 Å². The van der Waals surface area contributed by atoms with Gasteiger partial charge in [0.1, 0.15) is 13.2 Å². The minimum atomic E-state index is -1.02. The number of hydrogen-bond donors (Lipinski definition) is 1. The Kier molecular flexibility index (Phi) is 9.18. The van der Waals surface area contributed by atoms with E-state index in [9.17, 15) is 14.4 Å². The number of amides is 2. The van der Waals surface area contributed by atoms with E-state index in [1.165, 1.54) is 9.80 Å². The molecule has 0 bridgehead atoms. The van der Waals surface area contributed by atoms with E-state index in [4.69, 9.17) is 14.6 Å². The summed E-state index contributed by atoms with van der Waals surface area (Å²) in [6.45, 7) is 0.505. The number of ether oxygens (including phenoxy) is 2. The predicted octanol–water partition coefficient (Wildman–Crippen LogP) is 3.37. The smallest absolute Gasteiger partial charge is 0.410 e. The molecule has 0 saturated carbocycles. The summed E-state index contributed by atoms with van der Waals surface area (Å²) >= 11 is 0. The van der Waals surface area contributed by atoms with Gasteiger partial charge >= 0.3 is 18.2 Å². The SMILES string of the molecule is CN(CCN(CCC(=O)O)C(=O)OCc1ccccc1)C(=O)OCc1ccccc1. The summed E-state index contributed by atoms with van der Waals surface area (Å²) < 4.78 is 10.5. The van der Waals surface area contributed by atoms with Crippen LogP contribution in [0.2, 0.25) is 0 Å². The topological polar surface area (TPSA) is 96.4 Å². The molecule has 8 heteroatoms. The Morgan fingerprint density at radius 1 is 0.767 bits per heavy atom. The molecule has 0 radical (unpaired) electrons. The lowest BCUT2D eigenvalue weighted by molar-refractivity contribution is -0.137. The third kappa shape index (κ3) is 8.22. The number of carbonyl (C=O) groups excluding carboxylic acids is 2. The molecule has 8 nitrogen and oxygen atoms in total. The molecule has 30 heavy (non-hydrogen) atoms. The summed E-state index contributed by atoms with van der Waals surface area (Å²) in [5, 5.41) is 8.93. The van der Waals surface area contributed by atoms with Crippen molar-refractivity contribution in [2.45, 2.75) is 19.6 Å². The van der Waals surface area contributed by atoms with Crippen LogP contribution >= 0.6 is 0 Å². The minimum Gasteiger partial charge on any atom is -0.481 e. The highest BCUT2D eigenvalue weighted by atomic mass is 16.6. The fourth-order valence-electron chi connectivity index (χ4n) is 2.53.